The Morgan fingerprint density at radius 1 is 1.24 bits per heavy atom. The smallest absolute Gasteiger partial charge is 0.247 e. The number of hydrogen-bond acceptors (Lipinski definition) is 4. The van der Waals surface area contributed by atoms with Gasteiger partial charge in [-0.3, -0.25) is 4.79 Å². The van der Waals surface area contributed by atoms with E-state index in [9.17, 15) is 13.2 Å². The summed E-state index contributed by atoms with van der Waals surface area (Å²) in [6, 6.07) is 7.43. The molecule has 0 aliphatic rings. The summed E-state index contributed by atoms with van der Waals surface area (Å²) >= 11 is 0. The summed E-state index contributed by atoms with van der Waals surface area (Å²) in [6.45, 7) is 5.67. The van der Waals surface area contributed by atoms with Crippen molar-refractivity contribution in [2.24, 2.45) is 5.73 Å². The van der Waals surface area contributed by atoms with Crippen molar-refractivity contribution in [2.45, 2.75) is 31.9 Å². The molecule has 1 rings (SSSR count). The maximum Gasteiger partial charge on any atom is 0.247 e. The van der Waals surface area contributed by atoms with Crippen LogP contribution in [0, 0.1) is 6.92 Å². The molecule has 2 N–H and O–H groups in total. The summed E-state index contributed by atoms with van der Waals surface area (Å²) in [4.78, 5) is 14.2. The van der Waals surface area contributed by atoms with Gasteiger partial charge in [0.1, 0.15) is 4.75 Å². The molecule has 0 aliphatic heterocycles. The third-order valence-corrected chi connectivity index (χ3v) is 5.65. The molecule has 1 aromatic carbocycles. The Morgan fingerprint density at radius 3 is 2.19 bits per heavy atom. The number of rotatable bonds is 6. The monoisotopic (exact) mass is 312 g/mol. The van der Waals surface area contributed by atoms with Gasteiger partial charge in [0.25, 0.3) is 0 Å². The largest absolute Gasteiger partial charge is 0.330 e. The SMILES string of the molecule is Cc1ccc(N(CCCN)C(=O)C(C)(C)S(C)(=O)=O)cc1. The summed E-state index contributed by atoms with van der Waals surface area (Å²) in [5.74, 6) is -0.428. The van der Waals surface area contributed by atoms with Crippen molar-refractivity contribution >= 4 is 21.4 Å². The quantitative estimate of drug-likeness (QED) is 0.863. The number of carbonyl (C=O) groups is 1. The number of aryl methyl sites for hydroxylation is 1. The summed E-state index contributed by atoms with van der Waals surface area (Å²) in [7, 11) is -3.51. The van der Waals surface area contributed by atoms with Crippen LogP contribution in [-0.2, 0) is 14.6 Å². The first-order valence-electron chi connectivity index (χ1n) is 6.89. The molecule has 1 amide bonds. The number of hydrogen-bond donors (Lipinski definition) is 1. The highest BCUT2D eigenvalue weighted by atomic mass is 32.2. The zero-order valence-electron chi connectivity index (χ0n) is 13.1. The van der Waals surface area contributed by atoms with Crippen LogP contribution >= 0.6 is 0 Å². The molecule has 0 fully saturated rings. The number of carbonyl (C=O) groups excluding carboxylic acids is 1. The minimum atomic E-state index is -3.51. The van der Waals surface area contributed by atoms with Gasteiger partial charge in [0, 0.05) is 18.5 Å². The molecule has 1 aromatic rings. The molecular formula is C15H24N2O3S. The van der Waals surface area contributed by atoms with Crippen molar-refractivity contribution < 1.29 is 13.2 Å². The maximum absolute atomic E-state index is 12.7. The Morgan fingerprint density at radius 2 is 1.76 bits per heavy atom. The van der Waals surface area contributed by atoms with Crippen molar-refractivity contribution in [1.29, 1.82) is 0 Å². The molecule has 5 nitrogen and oxygen atoms in total. The molecule has 6 heteroatoms. The van der Waals surface area contributed by atoms with Gasteiger partial charge in [0.15, 0.2) is 9.84 Å². The number of amides is 1. The van der Waals surface area contributed by atoms with Gasteiger partial charge in [0.2, 0.25) is 5.91 Å². The van der Waals surface area contributed by atoms with Gasteiger partial charge in [-0.15, -0.1) is 0 Å². The van der Waals surface area contributed by atoms with Gasteiger partial charge >= 0.3 is 0 Å². The number of nitrogens with zero attached hydrogens (tertiary/aromatic N) is 1. The molecule has 0 radical (unpaired) electrons. The Labute approximate surface area is 127 Å². The molecule has 0 aromatic heterocycles. The maximum atomic E-state index is 12.7. The van der Waals surface area contributed by atoms with Crippen LogP contribution < -0.4 is 10.6 Å². The van der Waals surface area contributed by atoms with Crippen LogP contribution in [0.15, 0.2) is 24.3 Å². The molecule has 0 aliphatic carbocycles. The number of nitrogens with two attached hydrogens (primary N) is 1. The van der Waals surface area contributed by atoms with Crippen molar-refractivity contribution in [3.05, 3.63) is 29.8 Å². The van der Waals surface area contributed by atoms with Crippen LogP contribution in [0.4, 0.5) is 5.69 Å². The van der Waals surface area contributed by atoms with Gasteiger partial charge in [-0.25, -0.2) is 8.42 Å². The predicted molar refractivity (Wildman–Crippen MR) is 86.1 cm³/mol. The lowest BCUT2D eigenvalue weighted by Gasteiger charge is -2.31. The highest BCUT2D eigenvalue weighted by molar-refractivity contribution is 7.92. The second kappa shape index (κ2) is 6.58. The van der Waals surface area contributed by atoms with E-state index in [1.807, 2.05) is 31.2 Å². The molecule has 0 saturated heterocycles. The Balaban J connectivity index is 3.19. The summed E-state index contributed by atoms with van der Waals surface area (Å²) in [5.41, 5.74) is 7.28. The van der Waals surface area contributed by atoms with E-state index in [2.05, 4.69) is 0 Å². The third-order valence-electron chi connectivity index (χ3n) is 3.62. The lowest BCUT2D eigenvalue weighted by Crippen LogP contribution is -2.50. The normalized spacial score (nSPS) is 12.2. The predicted octanol–water partition coefficient (Wildman–Crippen LogP) is 1.50. The first kappa shape index (κ1) is 17.7. The molecule has 0 spiro atoms. The zero-order chi connectivity index (χ0) is 16.3. The Bertz CT molecular complexity index is 592. The van der Waals surface area contributed by atoms with Gasteiger partial charge in [-0.2, -0.15) is 0 Å². The standard InChI is InChI=1S/C15H24N2O3S/c1-12-6-8-13(9-7-12)17(11-5-10-16)14(18)15(2,3)21(4,19)20/h6-9H,5,10-11,16H2,1-4H3. The minimum Gasteiger partial charge on any atom is -0.330 e. The van der Waals surface area contributed by atoms with E-state index in [4.69, 9.17) is 5.73 Å². The molecule has 0 unspecified atom stereocenters. The van der Waals surface area contributed by atoms with Crippen molar-refractivity contribution in [1.82, 2.24) is 0 Å². The van der Waals surface area contributed by atoms with Crippen molar-refractivity contribution in [3.8, 4) is 0 Å². The number of anilines is 1. The summed E-state index contributed by atoms with van der Waals surface area (Å²) in [5, 5.41) is 0. The Hall–Kier alpha value is -1.40. The first-order valence-corrected chi connectivity index (χ1v) is 8.78. The van der Waals surface area contributed by atoms with E-state index >= 15 is 0 Å². The first-order chi connectivity index (χ1) is 9.61. The van der Waals surface area contributed by atoms with E-state index < -0.39 is 20.5 Å². The van der Waals surface area contributed by atoms with E-state index in [0.29, 0.717) is 25.2 Å². The summed E-state index contributed by atoms with van der Waals surface area (Å²) < 4.78 is 22.3. The van der Waals surface area contributed by atoms with Crippen LogP contribution in [0.5, 0.6) is 0 Å². The fourth-order valence-electron chi connectivity index (χ4n) is 1.81. The fourth-order valence-corrected chi connectivity index (χ4v) is 2.23. The van der Waals surface area contributed by atoms with E-state index in [-0.39, 0.29) is 0 Å². The van der Waals surface area contributed by atoms with E-state index in [0.717, 1.165) is 11.8 Å². The highest BCUT2D eigenvalue weighted by Gasteiger charge is 2.41. The molecule has 0 atom stereocenters. The molecule has 21 heavy (non-hydrogen) atoms. The van der Waals surface area contributed by atoms with E-state index in [1.54, 1.807) is 0 Å². The van der Waals surface area contributed by atoms with Crippen molar-refractivity contribution in [3.63, 3.8) is 0 Å². The molecule has 0 bridgehead atoms. The average Bonchev–Trinajstić information content (AvgIpc) is 2.39. The highest BCUT2D eigenvalue weighted by Crippen LogP contribution is 2.24. The van der Waals surface area contributed by atoms with Crippen molar-refractivity contribution in [2.75, 3.05) is 24.2 Å². The van der Waals surface area contributed by atoms with Crippen LogP contribution in [-0.4, -0.2) is 38.4 Å². The van der Waals surface area contributed by atoms with Gasteiger partial charge in [-0.1, -0.05) is 17.7 Å². The lowest BCUT2D eigenvalue weighted by atomic mass is 10.1. The topological polar surface area (TPSA) is 80.5 Å². The van der Waals surface area contributed by atoms with Gasteiger partial charge < -0.3 is 10.6 Å². The summed E-state index contributed by atoms with van der Waals surface area (Å²) in [6.07, 6.45) is 1.70. The second-order valence-electron chi connectivity index (χ2n) is 5.72. The Kier molecular flexibility index (Phi) is 5.53. The minimum absolute atomic E-state index is 0.400. The third kappa shape index (κ3) is 4.04. The van der Waals surface area contributed by atoms with Gasteiger partial charge in [-0.05, 0) is 45.9 Å². The van der Waals surface area contributed by atoms with Gasteiger partial charge in [0.05, 0.1) is 0 Å². The molecule has 118 valence electrons. The molecule has 0 heterocycles. The zero-order valence-corrected chi connectivity index (χ0v) is 13.9. The average molecular weight is 312 g/mol. The van der Waals surface area contributed by atoms with Crippen LogP contribution in [0.1, 0.15) is 25.8 Å². The van der Waals surface area contributed by atoms with Crippen LogP contribution in [0.25, 0.3) is 0 Å². The van der Waals surface area contributed by atoms with Crippen LogP contribution in [0.2, 0.25) is 0 Å². The second-order valence-corrected chi connectivity index (χ2v) is 8.28. The van der Waals surface area contributed by atoms with Crippen LogP contribution in [0.3, 0.4) is 0 Å². The number of sulfone groups is 1. The molecule has 0 saturated carbocycles. The molecular weight excluding hydrogens is 288 g/mol. The lowest BCUT2D eigenvalue weighted by molar-refractivity contribution is -0.120. The fraction of sp³-hybridized carbons (Fsp3) is 0.533. The number of benzene rings is 1. The van der Waals surface area contributed by atoms with E-state index in [1.165, 1.54) is 18.7 Å².